The van der Waals surface area contributed by atoms with Crippen LogP contribution < -0.4 is 5.32 Å². The van der Waals surface area contributed by atoms with Gasteiger partial charge in [-0.1, -0.05) is 18.2 Å². The number of likely N-dealkylation sites (N-methyl/N-ethyl adjacent to an activating group) is 1. The molecule has 0 saturated carbocycles. The van der Waals surface area contributed by atoms with E-state index >= 15 is 0 Å². The topological polar surface area (TPSA) is 28.4 Å². The molecule has 1 N–H and O–H groups in total. The summed E-state index contributed by atoms with van der Waals surface area (Å²) in [6.45, 7) is 5.95. The van der Waals surface area contributed by atoms with Gasteiger partial charge in [-0.2, -0.15) is 0 Å². The minimum absolute atomic E-state index is 0.436. The number of para-hydroxylation sites is 1. The van der Waals surface area contributed by atoms with E-state index in [9.17, 15) is 0 Å². The van der Waals surface area contributed by atoms with Crippen LogP contribution in [-0.2, 0) is 6.54 Å². The number of furan rings is 1. The second-order valence-electron chi connectivity index (χ2n) is 5.02. The van der Waals surface area contributed by atoms with E-state index in [0.29, 0.717) is 6.04 Å². The van der Waals surface area contributed by atoms with Crippen LogP contribution in [-0.4, -0.2) is 24.5 Å². The number of hydrogen-bond acceptors (Lipinski definition) is 3. The molecule has 0 radical (unpaired) electrons. The molecule has 102 valence electrons. The molecule has 0 aliphatic carbocycles. The molecule has 0 aliphatic rings. The van der Waals surface area contributed by atoms with E-state index in [1.807, 2.05) is 37.3 Å². The van der Waals surface area contributed by atoms with Gasteiger partial charge in [0.25, 0.3) is 0 Å². The normalized spacial score (nSPS) is 12.6. The Balaban J connectivity index is 1.80. The maximum atomic E-state index is 5.61. The Morgan fingerprint density at radius 3 is 2.53 bits per heavy atom. The zero-order chi connectivity index (χ0) is 13.7. The highest BCUT2D eigenvalue weighted by atomic mass is 16.3. The van der Waals surface area contributed by atoms with Crippen molar-refractivity contribution in [2.24, 2.45) is 0 Å². The van der Waals surface area contributed by atoms with Gasteiger partial charge in [0, 0.05) is 18.3 Å². The largest absolute Gasteiger partial charge is 0.465 e. The predicted molar refractivity (Wildman–Crippen MR) is 79.3 cm³/mol. The van der Waals surface area contributed by atoms with Crippen molar-refractivity contribution < 1.29 is 4.42 Å². The summed E-state index contributed by atoms with van der Waals surface area (Å²) in [5, 5.41) is 3.44. The Morgan fingerprint density at radius 1 is 1.16 bits per heavy atom. The number of nitrogens with zero attached hydrogens (tertiary/aromatic N) is 1. The average Bonchev–Trinajstić information content (AvgIpc) is 2.82. The van der Waals surface area contributed by atoms with E-state index in [2.05, 4.69) is 36.3 Å². The van der Waals surface area contributed by atoms with Gasteiger partial charge in [-0.05, 0) is 45.2 Å². The van der Waals surface area contributed by atoms with Crippen molar-refractivity contribution in [1.29, 1.82) is 0 Å². The third kappa shape index (κ3) is 4.14. The quantitative estimate of drug-likeness (QED) is 0.859. The van der Waals surface area contributed by atoms with E-state index < -0.39 is 0 Å². The van der Waals surface area contributed by atoms with Crippen molar-refractivity contribution in [2.75, 3.05) is 18.9 Å². The molecule has 1 unspecified atom stereocenters. The minimum Gasteiger partial charge on any atom is -0.465 e. The molecule has 0 aliphatic heterocycles. The average molecular weight is 258 g/mol. The third-order valence-electron chi connectivity index (χ3n) is 3.33. The summed E-state index contributed by atoms with van der Waals surface area (Å²) in [4.78, 5) is 2.29. The first-order chi connectivity index (χ1) is 9.15. The monoisotopic (exact) mass is 258 g/mol. The lowest BCUT2D eigenvalue weighted by Gasteiger charge is -2.24. The fraction of sp³-hybridized carbons (Fsp3) is 0.375. The van der Waals surface area contributed by atoms with E-state index in [1.165, 1.54) is 0 Å². The highest BCUT2D eigenvalue weighted by molar-refractivity contribution is 5.42. The van der Waals surface area contributed by atoms with Gasteiger partial charge in [0.2, 0.25) is 0 Å². The van der Waals surface area contributed by atoms with Crippen LogP contribution in [0.15, 0.2) is 46.9 Å². The minimum atomic E-state index is 0.436. The maximum Gasteiger partial charge on any atom is 0.118 e. The summed E-state index contributed by atoms with van der Waals surface area (Å²) in [7, 11) is 2.12. The lowest BCUT2D eigenvalue weighted by atomic mass is 10.2. The molecule has 0 bridgehead atoms. The van der Waals surface area contributed by atoms with Crippen LogP contribution in [0.2, 0.25) is 0 Å². The number of hydrogen-bond donors (Lipinski definition) is 1. The molecule has 3 nitrogen and oxygen atoms in total. The number of rotatable bonds is 6. The first-order valence-corrected chi connectivity index (χ1v) is 6.69. The Bertz CT molecular complexity index is 492. The number of anilines is 1. The van der Waals surface area contributed by atoms with Crippen LogP contribution in [0.5, 0.6) is 0 Å². The molecule has 2 rings (SSSR count). The van der Waals surface area contributed by atoms with Crippen LogP contribution in [0, 0.1) is 6.92 Å². The summed E-state index contributed by atoms with van der Waals surface area (Å²) in [5.74, 6) is 1.99. The molecular formula is C16H22N2O. The summed E-state index contributed by atoms with van der Waals surface area (Å²) >= 11 is 0. The highest BCUT2D eigenvalue weighted by Crippen LogP contribution is 2.11. The van der Waals surface area contributed by atoms with Crippen molar-refractivity contribution in [1.82, 2.24) is 4.90 Å². The Kier molecular flexibility index (Phi) is 4.63. The SMILES string of the molecule is Cc1ccc(CN(C)C(C)CNc2ccccc2)o1. The summed E-state index contributed by atoms with van der Waals surface area (Å²) in [6, 6.07) is 14.8. The molecule has 19 heavy (non-hydrogen) atoms. The predicted octanol–water partition coefficient (Wildman–Crippen LogP) is 3.52. The maximum absolute atomic E-state index is 5.61. The Morgan fingerprint density at radius 2 is 1.89 bits per heavy atom. The van der Waals surface area contributed by atoms with Gasteiger partial charge in [-0.15, -0.1) is 0 Å². The van der Waals surface area contributed by atoms with E-state index in [-0.39, 0.29) is 0 Å². The summed E-state index contributed by atoms with van der Waals surface area (Å²) in [5.41, 5.74) is 1.16. The lowest BCUT2D eigenvalue weighted by Crippen LogP contribution is -2.34. The molecule has 1 atom stereocenters. The lowest BCUT2D eigenvalue weighted by molar-refractivity contribution is 0.236. The van der Waals surface area contributed by atoms with E-state index in [4.69, 9.17) is 4.42 Å². The van der Waals surface area contributed by atoms with Gasteiger partial charge < -0.3 is 9.73 Å². The fourth-order valence-corrected chi connectivity index (χ4v) is 1.95. The molecule has 0 amide bonds. The zero-order valence-electron chi connectivity index (χ0n) is 11.9. The molecule has 0 saturated heterocycles. The van der Waals surface area contributed by atoms with Crippen LogP contribution in [0.4, 0.5) is 5.69 Å². The molecule has 3 heteroatoms. The molecule has 0 spiro atoms. The standard InChI is InChI=1S/C16H22N2O/c1-13(11-17-15-7-5-4-6-8-15)18(3)12-16-10-9-14(2)19-16/h4-10,13,17H,11-12H2,1-3H3. The van der Waals surface area contributed by atoms with Gasteiger partial charge >= 0.3 is 0 Å². The third-order valence-corrected chi connectivity index (χ3v) is 3.33. The number of aryl methyl sites for hydroxylation is 1. The van der Waals surface area contributed by atoms with Gasteiger partial charge in [-0.25, -0.2) is 0 Å². The van der Waals surface area contributed by atoms with E-state index in [1.54, 1.807) is 0 Å². The van der Waals surface area contributed by atoms with Gasteiger partial charge in [0.1, 0.15) is 11.5 Å². The zero-order valence-corrected chi connectivity index (χ0v) is 11.9. The van der Waals surface area contributed by atoms with Crippen LogP contribution in [0.25, 0.3) is 0 Å². The van der Waals surface area contributed by atoms with Crippen molar-refractivity contribution in [2.45, 2.75) is 26.4 Å². The molecule has 1 aromatic carbocycles. The second-order valence-corrected chi connectivity index (χ2v) is 5.02. The van der Waals surface area contributed by atoms with E-state index in [0.717, 1.165) is 30.3 Å². The second kappa shape index (κ2) is 6.43. The van der Waals surface area contributed by atoms with Crippen LogP contribution >= 0.6 is 0 Å². The number of benzene rings is 1. The van der Waals surface area contributed by atoms with Crippen LogP contribution in [0.1, 0.15) is 18.4 Å². The fourth-order valence-electron chi connectivity index (χ4n) is 1.95. The smallest absolute Gasteiger partial charge is 0.118 e. The van der Waals surface area contributed by atoms with Crippen molar-refractivity contribution in [3.05, 3.63) is 54.0 Å². The molecule has 0 fully saturated rings. The molecule has 2 aromatic rings. The number of nitrogens with one attached hydrogen (secondary N) is 1. The highest BCUT2D eigenvalue weighted by Gasteiger charge is 2.11. The van der Waals surface area contributed by atoms with Gasteiger partial charge in [-0.3, -0.25) is 4.90 Å². The van der Waals surface area contributed by atoms with Crippen molar-refractivity contribution >= 4 is 5.69 Å². The first-order valence-electron chi connectivity index (χ1n) is 6.69. The van der Waals surface area contributed by atoms with Crippen molar-refractivity contribution in [3.8, 4) is 0 Å². The molecule has 1 aromatic heterocycles. The van der Waals surface area contributed by atoms with Gasteiger partial charge in [0.05, 0.1) is 6.54 Å². The summed E-state index contributed by atoms with van der Waals surface area (Å²) in [6.07, 6.45) is 0. The summed E-state index contributed by atoms with van der Waals surface area (Å²) < 4.78 is 5.61. The van der Waals surface area contributed by atoms with Crippen molar-refractivity contribution in [3.63, 3.8) is 0 Å². The molecular weight excluding hydrogens is 236 g/mol. The molecule has 1 heterocycles. The van der Waals surface area contributed by atoms with Gasteiger partial charge in [0.15, 0.2) is 0 Å². The first kappa shape index (κ1) is 13.7. The Hall–Kier alpha value is -1.74. The Labute approximate surface area is 115 Å². The van der Waals surface area contributed by atoms with Crippen LogP contribution in [0.3, 0.4) is 0 Å².